The predicted octanol–water partition coefficient (Wildman–Crippen LogP) is 4.87. The van der Waals surface area contributed by atoms with Crippen LogP contribution in [0, 0.1) is 0 Å². The van der Waals surface area contributed by atoms with E-state index in [4.69, 9.17) is 4.74 Å². The topological polar surface area (TPSA) is 26.3 Å². The number of esters is 1. The Morgan fingerprint density at radius 3 is 2.00 bits per heavy atom. The molecule has 2 aromatic carbocycles. The van der Waals surface area contributed by atoms with E-state index < -0.39 is 0 Å². The first-order chi connectivity index (χ1) is 10.2. The number of carbonyl (C=O) groups excluding carboxylic acids is 1. The maximum Gasteiger partial charge on any atom is 0.337 e. The van der Waals surface area contributed by atoms with Crippen LogP contribution in [0.2, 0.25) is 0 Å². The Kier molecular flexibility index (Phi) is 5.56. The average molecular weight is 282 g/mol. The van der Waals surface area contributed by atoms with E-state index in [1.165, 1.54) is 37.5 Å². The number of ether oxygens (including phenoxy) is 1. The first-order valence-electron chi connectivity index (χ1n) is 7.52. The van der Waals surface area contributed by atoms with Crippen molar-refractivity contribution >= 4 is 5.97 Å². The third kappa shape index (κ3) is 4.19. The summed E-state index contributed by atoms with van der Waals surface area (Å²) >= 11 is 0. The van der Waals surface area contributed by atoms with Gasteiger partial charge in [0.2, 0.25) is 0 Å². The number of benzene rings is 2. The molecule has 0 saturated heterocycles. The van der Waals surface area contributed by atoms with Crippen molar-refractivity contribution in [1.82, 2.24) is 0 Å². The number of unbranched alkanes of at least 4 members (excludes halogenated alkanes) is 2. The minimum atomic E-state index is -0.298. The first kappa shape index (κ1) is 15.3. The molecule has 2 heteroatoms. The Balaban J connectivity index is 2.06. The second kappa shape index (κ2) is 7.63. The molecule has 0 atom stereocenters. The summed E-state index contributed by atoms with van der Waals surface area (Å²) in [5.74, 6) is -0.298. The van der Waals surface area contributed by atoms with Gasteiger partial charge in [0.1, 0.15) is 0 Å². The Bertz CT molecular complexity index is 568. The fourth-order valence-electron chi connectivity index (χ4n) is 2.36. The lowest BCUT2D eigenvalue weighted by molar-refractivity contribution is 0.0601. The van der Waals surface area contributed by atoms with Gasteiger partial charge in [-0.15, -0.1) is 0 Å². The Morgan fingerprint density at radius 1 is 0.905 bits per heavy atom. The number of methoxy groups -OCH3 is 1. The van der Waals surface area contributed by atoms with Crippen molar-refractivity contribution in [3.05, 3.63) is 59.7 Å². The number of hydrogen-bond acceptors (Lipinski definition) is 2. The zero-order valence-corrected chi connectivity index (χ0v) is 12.8. The molecule has 110 valence electrons. The van der Waals surface area contributed by atoms with Crippen molar-refractivity contribution < 1.29 is 9.53 Å². The van der Waals surface area contributed by atoms with Gasteiger partial charge in [0.25, 0.3) is 0 Å². The molecular weight excluding hydrogens is 260 g/mol. The van der Waals surface area contributed by atoms with E-state index in [2.05, 4.69) is 31.2 Å². The van der Waals surface area contributed by atoms with Crippen LogP contribution in [-0.4, -0.2) is 13.1 Å². The molecule has 0 spiro atoms. The van der Waals surface area contributed by atoms with E-state index >= 15 is 0 Å². The molecule has 0 radical (unpaired) electrons. The lowest BCUT2D eigenvalue weighted by atomic mass is 10.0. The Labute approximate surface area is 126 Å². The molecule has 2 rings (SSSR count). The van der Waals surface area contributed by atoms with Gasteiger partial charge in [0.05, 0.1) is 12.7 Å². The van der Waals surface area contributed by atoms with Crippen LogP contribution in [0.3, 0.4) is 0 Å². The van der Waals surface area contributed by atoms with Crippen molar-refractivity contribution in [1.29, 1.82) is 0 Å². The van der Waals surface area contributed by atoms with E-state index in [1.807, 2.05) is 12.1 Å². The molecule has 0 unspecified atom stereocenters. The molecule has 0 aliphatic heterocycles. The van der Waals surface area contributed by atoms with Gasteiger partial charge in [-0.3, -0.25) is 0 Å². The molecule has 0 aliphatic rings. The number of hydrogen-bond donors (Lipinski definition) is 0. The van der Waals surface area contributed by atoms with Crippen molar-refractivity contribution in [2.45, 2.75) is 32.6 Å². The van der Waals surface area contributed by atoms with Gasteiger partial charge in [-0.05, 0) is 41.7 Å². The van der Waals surface area contributed by atoms with Crippen molar-refractivity contribution in [3.8, 4) is 11.1 Å². The highest BCUT2D eigenvalue weighted by atomic mass is 16.5. The molecule has 21 heavy (non-hydrogen) atoms. The highest BCUT2D eigenvalue weighted by molar-refractivity contribution is 5.89. The largest absolute Gasteiger partial charge is 0.465 e. The summed E-state index contributed by atoms with van der Waals surface area (Å²) in [7, 11) is 1.40. The van der Waals surface area contributed by atoms with Gasteiger partial charge < -0.3 is 4.74 Å². The minimum absolute atomic E-state index is 0.298. The van der Waals surface area contributed by atoms with Crippen LogP contribution in [0.15, 0.2) is 48.5 Å². The fraction of sp³-hybridized carbons (Fsp3) is 0.316. The lowest BCUT2D eigenvalue weighted by Crippen LogP contribution is -2.00. The Hall–Kier alpha value is -2.09. The fourth-order valence-corrected chi connectivity index (χ4v) is 2.36. The molecule has 0 N–H and O–H groups in total. The van der Waals surface area contributed by atoms with Crippen LogP contribution in [0.1, 0.15) is 42.1 Å². The SMILES string of the molecule is CCCCCc1ccc(-c2ccc(C(=O)OC)cc2)cc1. The number of carbonyl (C=O) groups is 1. The summed E-state index contributed by atoms with van der Waals surface area (Å²) in [4.78, 5) is 11.4. The predicted molar refractivity (Wildman–Crippen MR) is 86.4 cm³/mol. The summed E-state index contributed by atoms with van der Waals surface area (Å²) in [6, 6.07) is 16.2. The summed E-state index contributed by atoms with van der Waals surface area (Å²) < 4.78 is 4.71. The maximum absolute atomic E-state index is 11.4. The van der Waals surface area contributed by atoms with Gasteiger partial charge >= 0.3 is 5.97 Å². The standard InChI is InChI=1S/C19H22O2/c1-3-4-5-6-15-7-9-16(10-8-15)17-11-13-18(14-12-17)19(20)21-2/h7-14H,3-6H2,1-2H3. The molecular formula is C19H22O2. The lowest BCUT2D eigenvalue weighted by Gasteiger charge is -2.05. The van der Waals surface area contributed by atoms with Gasteiger partial charge in [-0.1, -0.05) is 56.2 Å². The quantitative estimate of drug-likeness (QED) is 0.558. The van der Waals surface area contributed by atoms with Crippen molar-refractivity contribution in [2.24, 2.45) is 0 Å². The van der Waals surface area contributed by atoms with E-state index in [-0.39, 0.29) is 5.97 Å². The summed E-state index contributed by atoms with van der Waals surface area (Å²) in [5, 5.41) is 0. The van der Waals surface area contributed by atoms with Crippen molar-refractivity contribution in [3.63, 3.8) is 0 Å². The highest BCUT2D eigenvalue weighted by Gasteiger charge is 2.05. The second-order valence-corrected chi connectivity index (χ2v) is 5.22. The second-order valence-electron chi connectivity index (χ2n) is 5.22. The number of rotatable bonds is 6. The third-order valence-corrected chi connectivity index (χ3v) is 3.66. The normalized spacial score (nSPS) is 10.4. The van der Waals surface area contributed by atoms with E-state index in [9.17, 15) is 4.79 Å². The molecule has 0 saturated carbocycles. The monoisotopic (exact) mass is 282 g/mol. The van der Waals surface area contributed by atoms with Gasteiger partial charge in [-0.2, -0.15) is 0 Å². The van der Waals surface area contributed by atoms with E-state index in [0.717, 1.165) is 12.0 Å². The van der Waals surface area contributed by atoms with Crippen molar-refractivity contribution in [2.75, 3.05) is 7.11 Å². The van der Waals surface area contributed by atoms with E-state index in [1.54, 1.807) is 12.1 Å². The Morgan fingerprint density at radius 2 is 1.48 bits per heavy atom. The summed E-state index contributed by atoms with van der Waals surface area (Å²) in [6.07, 6.45) is 4.94. The molecule has 0 aliphatic carbocycles. The van der Waals surface area contributed by atoms with Crippen LogP contribution in [-0.2, 0) is 11.2 Å². The summed E-state index contributed by atoms with van der Waals surface area (Å²) in [6.45, 7) is 2.22. The minimum Gasteiger partial charge on any atom is -0.465 e. The third-order valence-electron chi connectivity index (χ3n) is 3.66. The maximum atomic E-state index is 11.4. The van der Waals surface area contributed by atoms with Gasteiger partial charge in [0, 0.05) is 0 Å². The van der Waals surface area contributed by atoms with Crippen LogP contribution in [0.4, 0.5) is 0 Å². The number of aryl methyl sites for hydroxylation is 1. The molecule has 0 bridgehead atoms. The van der Waals surface area contributed by atoms with Crippen LogP contribution < -0.4 is 0 Å². The van der Waals surface area contributed by atoms with Gasteiger partial charge in [-0.25, -0.2) is 4.79 Å². The zero-order valence-electron chi connectivity index (χ0n) is 12.8. The molecule has 0 amide bonds. The molecule has 0 aromatic heterocycles. The van der Waals surface area contributed by atoms with Crippen LogP contribution >= 0.6 is 0 Å². The van der Waals surface area contributed by atoms with Crippen LogP contribution in [0.5, 0.6) is 0 Å². The van der Waals surface area contributed by atoms with E-state index in [0.29, 0.717) is 5.56 Å². The molecule has 0 heterocycles. The first-order valence-corrected chi connectivity index (χ1v) is 7.52. The zero-order chi connectivity index (χ0) is 15.1. The smallest absolute Gasteiger partial charge is 0.337 e. The summed E-state index contributed by atoms with van der Waals surface area (Å²) in [5.41, 5.74) is 4.25. The molecule has 0 fully saturated rings. The average Bonchev–Trinajstić information content (AvgIpc) is 2.55. The molecule has 2 nitrogen and oxygen atoms in total. The highest BCUT2D eigenvalue weighted by Crippen LogP contribution is 2.21. The van der Waals surface area contributed by atoms with Crippen LogP contribution in [0.25, 0.3) is 11.1 Å². The molecule has 2 aromatic rings. The van der Waals surface area contributed by atoms with Gasteiger partial charge in [0.15, 0.2) is 0 Å².